The molecule has 1 fully saturated rings. The van der Waals surface area contributed by atoms with Gasteiger partial charge in [0, 0.05) is 13.1 Å². The van der Waals surface area contributed by atoms with Crippen LogP contribution in [0.4, 0.5) is 0 Å². The number of rotatable bonds is 5. The second-order valence-corrected chi connectivity index (χ2v) is 6.90. The van der Waals surface area contributed by atoms with Crippen LogP contribution < -0.4 is 5.73 Å². The molecule has 1 amide bonds. The molecule has 8 heteroatoms. The van der Waals surface area contributed by atoms with Crippen molar-refractivity contribution < 1.29 is 23.1 Å². The average molecular weight is 312 g/mol. The van der Waals surface area contributed by atoms with Crippen LogP contribution >= 0.6 is 0 Å². The number of benzene rings is 1. The highest BCUT2D eigenvalue weighted by Crippen LogP contribution is 2.24. The molecule has 3 N–H and O–H groups in total. The SMILES string of the molecule is NC(=O)C1CCN(S(=O)(=O)c2ccc(CC(=O)O)cc2)C1. The highest BCUT2D eigenvalue weighted by molar-refractivity contribution is 7.89. The minimum atomic E-state index is -3.67. The number of nitrogens with two attached hydrogens (primary N) is 1. The van der Waals surface area contributed by atoms with Crippen LogP contribution in [0.3, 0.4) is 0 Å². The van der Waals surface area contributed by atoms with Crippen molar-refractivity contribution in [3.63, 3.8) is 0 Å². The second kappa shape index (κ2) is 5.82. The summed E-state index contributed by atoms with van der Waals surface area (Å²) in [6, 6.07) is 5.71. The van der Waals surface area contributed by atoms with Crippen LogP contribution in [0.25, 0.3) is 0 Å². The summed E-state index contributed by atoms with van der Waals surface area (Å²) in [4.78, 5) is 21.8. The van der Waals surface area contributed by atoms with E-state index in [2.05, 4.69) is 0 Å². The maximum atomic E-state index is 12.4. The predicted octanol–water partition coefficient (Wildman–Crippen LogP) is -0.190. The molecular formula is C13H16N2O5S. The van der Waals surface area contributed by atoms with Crippen LogP contribution in [0.15, 0.2) is 29.2 Å². The normalized spacial score (nSPS) is 19.5. The van der Waals surface area contributed by atoms with Gasteiger partial charge in [-0.15, -0.1) is 0 Å². The third-order valence-electron chi connectivity index (χ3n) is 3.47. The Morgan fingerprint density at radius 3 is 2.38 bits per heavy atom. The van der Waals surface area contributed by atoms with E-state index < -0.39 is 27.8 Å². The van der Waals surface area contributed by atoms with Gasteiger partial charge < -0.3 is 10.8 Å². The molecule has 0 spiro atoms. The zero-order valence-electron chi connectivity index (χ0n) is 11.2. The van der Waals surface area contributed by atoms with E-state index >= 15 is 0 Å². The average Bonchev–Trinajstić information content (AvgIpc) is 2.89. The Hall–Kier alpha value is -1.93. The summed E-state index contributed by atoms with van der Waals surface area (Å²) < 4.78 is 26.0. The molecule has 1 aromatic rings. The summed E-state index contributed by atoms with van der Waals surface area (Å²) in [5, 5.41) is 8.68. The Morgan fingerprint density at radius 1 is 1.29 bits per heavy atom. The van der Waals surface area contributed by atoms with Crippen LogP contribution in [0.2, 0.25) is 0 Å². The quantitative estimate of drug-likeness (QED) is 0.781. The van der Waals surface area contributed by atoms with Crippen LogP contribution in [-0.2, 0) is 26.0 Å². The van der Waals surface area contributed by atoms with Crippen LogP contribution in [0.5, 0.6) is 0 Å². The fraction of sp³-hybridized carbons (Fsp3) is 0.385. The number of aliphatic carboxylic acids is 1. The lowest BCUT2D eigenvalue weighted by atomic mass is 10.1. The first-order valence-electron chi connectivity index (χ1n) is 6.41. The maximum absolute atomic E-state index is 12.4. The monoisotopic (exact) mass is 312 g/mol. The number of primary amides is 1. The number of carbonyl (C=O) groups is 2. The fourth-order valence-corrected chi connectivity index (χ4v) is 3.78. The molecule has 0 radical (unpaired) electrons. The van der Waals surface area contributed by atoms with Crippen molar-refractivity contribution in [3.05, 3.63) is 29.8 Å². The lowest BCUT2D eigenvalue weighted by Gasteiger charge is -2.16. The molecule has 1 atom stereocenters. The molecular weight excluding hydrogens is 296 g/mol. The van der Waals surface area contributed by atoms with Gasteiger partial charge in [0.15, 0.2) is 0 Å². The Balaban J connectivity index is 2.16. The fourth-order valence-electron chi connectivity index (χ4n) is 2.28. The molecule has 1 aromatic carbocycles. The van der Waals surface area contributed by atoms with Crippen LogP contribution in [0, 0.1) is 5.92 Å². The zero-order valence-corrected chi connectivity index (χ0v) is 12.0. The first-order chi connectivity index (χ1) is 9.80. The number of sulfonamides is 1. The zero-order chi connectivity index (χ0) is 15.6. The molecule has 1 saturated heterocycles. The van der Waals surface area contributed by atoms with Crippen molar-refractivity contribution in [2.24, 2.45) is 11.7 Å². The lowest BCUT2D eigenvalue weighted by molar-refractivity contribution is -0.136. The Labute approximate surface area is 122 Å². The first-order valence-corrected chi connectivity index (χ1v) is 7.85. The van der Waals surface area contributed by atoms with E-state index in [0.717, 1.165) is 0 Å². The minimum absolute atomic E-state index is 0.0850. The largest absolute Gasteiger partial charge is 0.481 e. The number of carbonyl (C=O) groups excluding carboxylic acids is 1. The van der Waals surface area contributed by atoms with E-state index in [4.69, 9.17) is 10.8 Å². The second-order valence-electron chi connectivity index (χ2n) is 4.97. The highest BCUT2D eigenvalue weighted by atomic mass is 32.2. The van der Waals surface area contributed by atoms with Crippen molar-refractivity contribution >= 4 is 21.9 Å². The Kier molecular flexibility index (Phi) is 4.29. The van der Waals surface area contributed by atoms with Crippen molar-refractivity contribution in [2.45, 2.75) is 17.7 Å². The molecule has 0 aromatic heterocycles. The number of carboxylic acids is 1. The van der Waals surface area contributed by atoms with Gasteiger partial charge in [-0.3, -0.25) is 9.59 Å². The van der Waals surface area contributed by atoms with Crippen molar-refractivity contribution in [1.29, 1.82) is 0 Å². The summed E-state index contributed by atoms with van der Waals surface area (Å²) in [5.74, 6) is -1.93. The number of hydrogen-bond donors (Lipinski definition) is 2. The molecule has 1 aliphatic rings. The van der Waals surface area contributed by atoms with Crippen molar-refractivity contribution in [2.75, 3.05) is 13.1 Å². The summed E-state index contributed by atoms with van der Waals surface area (Å²) in [5.41, 5.74) is 5.72. The van der Waals surface area contributed by atoms with Gasteiger partial charge in [-0.25, -0.2) is 8.42 Å². The van der Waals surface area contributed by atoms with Gasteiger partial charge in [0.25, 0.3) is 0 Å². The van der Waals surface area contributed by atoms with Gasteiger partial charge >= 0.3 is 5.97 Å². The van der Waals surface area contributed by atoms with Gasteiger partial charge in [-0.2, -0.15) is 4.31 Å². The molecule has 0 bridgehead atoms. The van der Waals surface area contributed by atoms with Gasteiger partial charge in [-0.1, -0.05) is 12.1 Å². The van der Waals surface area contributed by atoms with E-state index in [1.807, 2.05) is 0 Å². The van der Waals surface area contributed by atoms with E-state index in [0.29, 0.717) is 12.0 Å². The van der Waals surface area contributed by atoms with Gasteiger partial charge in [0.1, 0.15) is 0 Å². The molecule has 0 saturated carbocycles. The molecule has 1 heterocycles. The highest BCUT2D eigenvalue weighted by Gasteiger charge is 2.34. The third kappa shape index (κ3) is 3.40. The first kappa shape index (κ1) is 15.5. The van der Waals surface area contributed by atoms with Crippen molar-refractivity contribution in [1.82, 2.24) is 4.31 Å². The maximum Gasteiger partial charge on any atom is 0.307 e. The Morgan fingerprint density at radius 2 is 1.90 bits per heavy atom. The van der Waals surface area contributed by atoms with E-state index in [9.17, 15) is 18.0 Å². The molecule has 1 unspecified atom stereocenters. The predicted molar refractivity (Wildman–Crippen MR) is 73.8 cm³/mol. The summed E-state index contributed by atoms with van der Waals surface area (Å²) >= 11 is 0. The smallest absolute Gasteiger partial charge is 0.307 e. The molecule has 1 aliphatic heterocycles. The van der Waals surface area contributed by atoms with Gasteiger partial charge in [0.05, 0.1) is 17.2 Å². The van der Waals surface area contributed by atoms with E-state index in [-0.39, 0.29) is 24.4 Å². The van der Waals surface area contributed by atoms with Crippen molar-refractivity contribution in [3.8, 4) is 0 Å². The molecule has 21 heavy (non-hydrogen) atoms. The third-order valence-corrected chi connectivity index (χ3v) is 5.35. The van der Waals surface area contributed by atoms with Crippen LogP contribution in [-0.4, -0.2) is 42.8 Å². The standard InChI is InChI=1S/C13H16N2O5S/c14-13(18)10-5-6-15(8-10)21(19,20)11-3-1-9(2-4-11)7-12(16)17/h1-4,10H,5-8H2,(H2,14,18)(H,16,17). The number of hydrogen-bond acceptors (Lipinski definition) is 4. The molecule has 2 rings (SSSR count). The van der Waals surface area contributed by atoms with Gasteiger partial charge in [-0.05, 0) is 24.1 Å². The number of amides is 1. The summed E-state index contributed by atoms with van der Waals surface area (Å²) in [6.07, 6.45) is 0.263. The van der Waals surface area contributed by atoms with Gasteiger partial charge in [0.2, 0.25) is 15.9 Å². The minimum Gasteiger partial charge on any atom is -0.481 e. The lowest BCUT2D eigenvalue weighted by Crippen LogP contribution is -2.31. The summed E-state index contributed by atoms with van der Waals surface area (Å²) in [6.45, 7) is 0.349. The van der Waals surface area contributed by atoms with E-state index in [1.54, 1.807) is 0 Å². The number of nitrogens with zero attached hydrogens (tertiary/aromatic N) is 1. The molecule has 7 nitrogen and oxygen atoms in total. The van der Waals surface area contributed by atoms with E-state index in [1.165, 1.54) is 28.6 Å². The summed E-state index contributed by atoms with van der Waals surface area (Å²) in [7, 11) is -3.67. The Bertz CT molecular complexity index is 654. The molecule has 0 aliphatic carbocycles. The number of carboxylic acid groups (broad SMARTS) is 1. The topological polar surface area (TPSA) is 118 Å². The molecule has 114 valence electrons. The van der Waals surface area contributed by atoms with Crippen LogP contribution in [0.1, 0.15) is 12.0 Å².